The smallest absolute Gasteiger partial charge is 0.225 e. The highest BCUT2D eigenvalue weighted by atomic mass is 16.1. The molecule has 2 unspecified atom stereocenters. The average molecular weight is 283 g/mol. The summed E-state index contributed by atoms with van der Waals surface area (Å²) in [5.74, 6) is -0.232. The van der Waals surface area contributed by atoms with Crippen molar-refractivity contribution in [1.82, 2.24) is 10.3 Å². The van der Waals surface area contributed by atoms with Crippen LogP contribution < -0.4 is 11.1 Å². The second-order valence-corrected chi connectivity index (χ2v) is 5.14. The molecule has 0 aliphatic heterocycles. The van der Waals surface area contributed by atoms with E-state index in [2.05, 4.69) is 10.3 Å². The summed E-state index contributed by atoms with van der Waals surface area (Å²) in [4.78, 5) is 16.4. The molecule has 3 N–H and O–H groups in total. The van der Waals surface area contributed by atoms with Gasteiger partial charge in [0.25, 0.3) is 0 Å². The molecule has 21 heavy (non-hydrogen) atoms. The minimum atomic E-state index is -0.216. The first kappa shape index (κ1) is 15.2. The van der Waals surface area contributed by atoms with E-state index < -0.39 is 0 Å². The highest BCUT2D eigenvalue weighted by Crippen LogP contribution is 2.13. The molecular weight excluding hydrogens is 262 g/mol. The SMILES string of the molecule is CC(NC(=O)C(CN)Cc1ccccc1)c1cccnc1. The number of amides is 1. The Morgan fingerprint density at radius 3 is 2.62 bits per heavy atom. The Bertz CT molecular complexity index is 557. The van der Waals surface area contributed by atoms with Crippen LogP contribution in [0.4, 0.5) is 0 Å². The van der Waals surface area contributed by atoms with E-state index in [1.165, 1.54) is 0 Å². The summed E-state index contributed by atoms with van der Waals surface area (Å²) in [5.41, 5.74) is 7.87. The van der Waals surface area contributed by atoms with Gasteiger partial charge in [-0.3, -0.25) is 9.78 Å². The zero-order chi connectivity index (χ0) is 15.1. The van der Waals surface area contributed by atoms with Crippen LogP contribution in [0.1, 0.15) is 24.1 Å². The molecule has 4 nitrogen and oxygen atoms in total. The predicted molar refractivity (Wildman–Crippen MR) is 83.5 cm³/mol. The van der Waals surface area contributed by atoms with Gasteiger partial charge in [-0.25, -0.2) is 0 Å². The third-order valence-electron chi connectivity index (χ3n) is 3.52. The molecule has 0 radical (unpaired) electrons. The molecule has 4 heteroatoms. The molecule has 1 heterocycles. The summed E-state index contributed by atoms with van der Waals surface area (Å²) < 4.78 is 0. The Morgan fingerprint density at radius 1 is 1.24 bits per heavy atom. The Hall–Kier alpha value is -2.20. The zero-order valence-electron chi connectivity index (χ0n) is 12.2. The van der Waals surface area contributed by atoms with Gasteiger partial charge in [-0.2, -0.15) is 0 Å². The van der Waals surface area contributed by atoms with Gasteiger partial charge in [0.05, 0.1) is 12.0 Å². The lowest BCUT2D eigenvalue weighted by Gasteiger charge is -2.19. The molecule has 1 amide bonds. The zero-order valence-corrected chi connectivity index (χ0v) is 12.2. The largest absolute Gasteiger partial charge is 0.349 e. The van der Waals surface area contributed by atoms with E-state index in [0.29, 0.717) is 13.0 Å². The fourth-order valence-corrected chi connectivity index (χ4v) is 2.23. The lowest BCUT2D eigenvalue weighted by atomic mass is 9.98. The molecule has 0 spiro atoms. The van der Waals surface area contributed by atoms with Crippen molar-refractivity contribution in [2.75, 3.05) is 6.54 Å². The van der Waals surface area contributed by atoms with Crippen LogP contribution in [0, 0.1) is 5.92 Å². The number of nitrogens with one attached hydrogen (secondary N) is 1. The minimum absolute atomic E-state index is 0.0160. The highest BCUT2D eigenvalue weighted by molar-refractivity contribution is 5.79. The van der Waals surface area contributed by atoms with Gasteiger partial charge >= 0.3 is 0 Å². The summed E-state index contributed by atoms with van der Waals surface area (Å²) in [6, 6.07) is 13.7. The first-order chi connectivity index (χ1) is 10.2. The van der Waals surface area contributed by atoms with Gasteiger partial charge in [-0.1, -0.05) is 36.4 Å². The molecule has 2 atom stereocenters. The summed E-state index contributed by atoms with van der Waals surface area (Å²) in [7, 11) is 0. The average Bonchev–Trinajstić information content (AvgIpc) is 2.54. The molecule has 0 fully saturated rings. The van der Waals surface area contributed by atoms with Crippen molar-refractivity contribution >= 4 is 5.91 Å². The van der Waals surface area contributed by atoms with Crippen LogP contribution in [0.15, 0.2) is 54.9 Å². The van der Waals surface area contributed by atoms with Crippen LogP contribution >= 0.6 is 0 Å². The number of carbonyl (C=O) groups is 1. The van der Waals surface area contributed by atoms with E-state index in [1.54, 1.807) is 12.4 Å². The number of hydrogen-bond donors (Lipinski definition) is 2. The maximum absolute atomic E-state index is 12.4. The van der Waals surface area contributed by atoms with Crippen LogP contribution in [-0.4, -0.2) is 17.4 Å². The van der Waals surface area contributed by atoms with Gasteiger partial charge in [-0.05, 0) is 30.5 Å². The van der Waals surface area contributed by atoms with E-state index in [1.807, 2.05) is 49.4 Å². The fourth-order valence-electron chi connectivity index (χ4n) is 2.23. The molecule has 0 aliphatic carbocycles. The van der Waals surface area contributed by atoms with Crippen molar-refractivity contribution in [3.8, 4) is 0 Å². The monoisotopic (exact) mass is 283 g/mol. The van der Waals surface area contributed by atoms with Crippen molar-refractivity contribution in [3.05, 3.63) is 66.0 Å². The summed E-state index contributed by atoms with van der Waals surface area (Å²) >= 11 is 0. The lowest BCUT2D eigenvalue weighted by Crippen LogP contribution is -2.37. The number of carbonyl (C=O) groups excluding carboxylic acids is 1. The Balaban J connectivity index is 1.97. The molecule has 0 saturated heterocycles. The van der Waals surface area contributed by atoms with Crippen LogP contribution in [0.5, 0.6) is 0 Å². The van der Waals surface area contributed by atoms with Crippen LogP contribution in [-0.2, 0) is 11.2 Å². The molecule has 0 aliphatic rings. The van der Waals surface area contributed by atoms with E-state index in [-0.39, 0.29) is 17.9 Å². The number of pyridine rings is 1. The Morgan fingerprint density at radius 2 is 2.00 bits per heavy atom. The minimum Gasteiger partial charge on any atom is -0.349 e. The van der Waals surface area contributed by atoms with Gasteiger partial charge in [0, 0.05) is 18.9 Å². The van der Waals surface area contributed by atoms with Gasteiger partial charge in [0.2, 0.25) is 5.91 Å². The maximum Gasteiger partial charge on any atom is 0.225 e. The number of nitrogens with zero attached hydrogens (tertiary/aromatic N) is 1. The molecule has 2 aromatic rings. The van der Waals surface area contributed by atoms with Gasteiger partial charge in [0.1, 0.15) is 0 Å². The van der Waals surface area contributed by atoms with Crippen molar-refractivity contribution < 1.29 is 4.79 Å². The van der Waals surface area contributed by atoms with E-state index in [9.17, 15) is 4.79 Å². The normalized spacial score (nSPS) is 13.4. The number of benzene rings is 1. The number of nitrogens with two attached hydrogens (primary N) is 1. The first-order valence-electron chi connectivity index (χ1n) is 7.15. The van der Waals surface area contributed by atoms with Crippen molar-refractivity contribution in [1.29, 1.82) is 0 Å². The van der Waals surface area contributed by atoms with Crippen LogP contribution in [0.3, 0.4) is 0 Å². The quantitative estimate of drug-likeness (QED) is 0.853. The second-order valence-electron chi connectivity index (χ2n) is 5.14. The van der Waals surface area contributed by atoms with Crippen LogP contribution in [0.2, 0.25) is 0 Å². The predicted octanol–water partition coefficient (Wildman–Crippen LogP) is 2.08. The van der Waals surface area contributed by atoms with E-state index in [4.69, 9.17) is 5.73 Å². The third kappa shape index (κ3) is 4.39. The molecule has 1 aromatic heterocycles. The third-order valence-corrected chi connectivity index (χ3v) is 3.52. The van der Waals surface area contributed by atoms with Crippen molar-refractivity contribution in [2.45, 2.75) is 19.4 Å². The molecule has 1 aromatic carbocycles. The highest BCUT2D eigenvalue weighted by Gasteiger charge is 2.19. The molecule has 110 valence electrons. The fraction of sp³-hybridized carbons (Fsp3) is 0.294. The number of aromatic nitrogens is 1. The summed E-state index contributed by atoms with van der Waals surface area (Å²) in [6.45, 7) is 2.28. The van der Waals surface area contributed by atoms with Crippen LogP contribution in [0.25, 0.3) is 0 Å². The molecule has 2 rings (SSSR count). The van der Waals surface area contributed by atoms with Gasteiger partial charge in [0.15, 0.2) is 0 Å². The van der Waals surface area contributed by atoms with Crippen molar-refractivity contribution in [3.63, 3.8) is 0 Å². The van der Waals surface area contributed by atoms with Gasteiger partial charge < -0.3 is 11.1 Å². The molecule has 0 saturated carbocycles. The van der Waals surface area contributed by atoms with Gasteiger partial charge in [-0.15, -0.1) is 0 Å². The van der Waals surface area contributed by atoms with Crippen molar-refractivity contribution in [2.24, 2.45) is 11.7 Å². The molecule has 0 bridgehead atoms. The lowest BCUT2D eigenvalue weighted by molar-refractivity contribution is -0.125. The molecular formula is C17H21N3O. The standard InChI is InChI=1S/C17H21N3O/c1-13(15-8-5-9-19-12-15)20-17(21)16(11-18)10-14-6-3-2-4-7-14/h2-9,12-13,16H,10-11,18H2,1H3,(H,20,21). The summed E-state index contributed by atoms with van der Waals surface area (Å²) in [6.07, 6.45) is 4.14. The number of hydrogen-bond acceptors (Lipinski definition) is 3. The first-order valence-corrected chi connectivity index (χ1v) is 7.15. The summed E-state index contributed by atoms with van der Waals surface area (Å²) in [5, 5.41) is 3.01. The van der Waals surface area contributed by atoms with E-state index in [0.717, 1.165) is 11.1 Å². The number of rotatable bonds is 6. The Kier molecular flexibility index (Phi) is 5.46. The van der Waals surface area contributed by atoms with E-state index >= 15 is 0 Å². The maximum atomic E-state index is 12.4. The second kappa shape index (κ2) is 7.55. The Labute approximate surface area is 125 Å². The topological polar surface area (TPSA) is 68.0 Å².